The van der Waals surface area contributed by atoms with Gasteiger partial charge in [0.15, 0.2) is 11.3 Å². The van der Waals surface area contributed by atoms with Crippen LogP contribution >= 0.6 is 0 Å². The van der Waals surface area contributed by atoms with Crippen LogP contribution in [0.5, 0.6) is 5.75 Å². The molecule has 0 fully saturated rings. The lowest BCUT2D eigenvalue weighted by molar-refractivity contribution is 0.0117. The van der Waals surface area contributed by atoms with Gasteiger partial charge in [-0.2, -0.15) is 0 Å². The Morgan fingerprint density at radius 2 is 2.05 bits per heavy atom. The second kappa shape index (κ2) is 6.08. The second-order valence-electron chi connectivity index (χ2n) is 6.14. The summed E-state index contributed by atoms with van der Waals surface area (Å²) in [5.41, 5.74) is 0.0251. The van der Waals surface area contributed by atoms with Crippen LogP contribution in [-0.2, 0) is 0 Å². The fraction of sp³-hybridized carbons (Fsp3) is 0.529. The molecular formula is C17H25NO3. The molecule has 0 aliphatic carbocycles. The van der Waals surface area contributed by atoms with Crippen molar-refractivity contribution in [1.82, 2.24) is 5.32 Å². The molecule has 4 nitrogen and oxygen atoms in total. The summed E-state index contributed by atoms with van der Waals surface area (Å²) in [6.45, 7) is 8.41. The van der Waals surface area contributed by atoms with E-state index in [0.717, 1.165) is 22.5 Å². The number of rotatable bonds is 6. The average molecular weight is 291 g/mol. The Hall–Kier alpha value is -1.52. The van der Waals surface area contributed by atoms with E-state index in [-0.39, 0.29) is 12.0 Å². The molecular weight excluding hydrogens is 266 g/mol. The molecule has 0 aliphatic heterocycles. The highest BCUT2D eigenvalue weighted by atomic mass is 16.5. The Kier molecular flexibility index (Phi) is 4.59. The van der Waals surface area contributed by atoms with Gasteiger partial charge >= 0.3 is 0 Å². The Morgan fingerprint density at radius 1 is 1.33 bits per heavy atom. The zero-order valence-corrected chi connectivity index (χ0v) is 13.4. The zero-order chi connectivity index (χ0) is 15.6. The third-order valence-corrected chi connectivity index (χ3v) is 4.18. The summed E-state index contributed by atoms with van der Waals surface area (Å²) in [6.07, 6.45) is 0. The third-order valence-electron chi connectivity index (χ3n) is 4.18. The molecule has 0 saturated carbocycles. The standard InChI is InChI=1S/C17H25NO3/c1-11(2)17(4,19)10-18-12(3)15-9-13-7-6-8-14(20-5)16(13)21-15/h6-9,11-12,18-19H,10H2,1-5H3. The van der Waals surface area contributed by atoms with Crippen molar-refractivity contribution in [2.45, 2.75) is 39.3 Å². The maximum absolute atomic E-state index is 10.3. The second-order valence-corrected chi connectivity index (χ2v) is 6.14. The smallest absolute Gasteiger partial charge is 0.176 e. The van der Waals surface area contributed by atoms with Crippen LogP contribution in [0, 0.1) is 5.92 Å². The van der Waals surface area contributed by atoms with Gasteiger partial charge in [0.2, 0.25) is 0 Å². The van der Waals surface area contributed by atoms with E-state index in [1.165, 1.54) is 0 Å². The molecule has 21 heavy (non-hydrogen) atoms. The van der Waals surface area contributed by atoms with Crippen LogP contribution in [0.4, 0.5) is 0 Å². The highest BCUT2D eigenvalue weighted by Gasteiger charge is 2.25. The van der Waals surface area contributed by atoms with Crippen molar-refractivity contribution >= 4 is 11.0 Å². The Labute approximate surface area is 126 Å². The van der Waals surface area contributed by atoms with Crippen LogP contribution < -0.4 is 10.1 Å². The van der Waals surface area contributed by atoms with Gasteiger partial charge < -0.3 is 19.6 Å². The van der Waals surface area contributed by atoms with Gasteiger partial charge in [-0.25, -0.2) is 0 Å². The number of methoxy groups -OCH3 is 1. The van der Waals surface area contributed by atoms with Crippen LogP contribution in [-0.4, -0.2) is 24.4 Å². The lowest BCUT2D eigenvalue weighted by Gasteiger charge is -2.29. The number of para-hydroxylation sites is 1. The normalized spacial score (nSPS) is 16.1. The van der Waals surface area contributed by atoms with E-state index in [1.54, 1.807) is 7.11 Å². The fourth-order valence-corrected chi connectivity index (χ4v) is 2.09. The number of hydrogen-bond donors (Lipinski definition) is 2. The maximum atomic E-state index is 10.3. The summed E-state index contributed by atoms with van der Waals surface area (Å²) in [5, 5.41) is 14.7. The minimum absolute atomic E-state index is 0.0207. The topological polar surface area (TPSA) is 54.6 Å². The van der Waals surface area contributed by atoms with Gasteiger partial charge in [-0.3, -0.25) is 0 Å². The van der Waals surface area contributed by atoms with E-state index >= 15 is 0 Å². The van der Waals surface area contributed by atoms with E-state index < -0.39 is 5.60 Å². The van der Waals surface area contributed by atoms with Gasteiger partial charge in [0.05, 0.1) is 18.8 Å². The minimum atomic E-state index is -0.738. The number of nitrogens with one attached hydrogen (secondary N) is 1. The molecule has 1 aromatic heterocycles. The van der Waals surface area contributed by atoms with Gasteiger partial charge in [0.1, 0.15) is 5.76 Å². The van der Waals surface area contributed by atoms with Crippen LogP contribution in [0.3, 0.4) is 0 Å². The van der Waals surface area contributed by atoms with Crippen LogP contribution in [0.15, 0.2) is 28.7 Å². The summed E-state index contributed by atoms with van der Waals surface area (Å²) in [7, 11) is 1.64. The van der Waals surface area contributed by atoms with Crippen LogP contribution in [0.25, 0.3) is 11.0 Å². The molecule has 0 saturated heterocycles. The molecule has 0 amide bonds. The molecule has 2 unspecified atom stereocenters. The van der Waals surface area contributed by atoms with Crippen molar-refractivity contribution in [3.05, 3.63) is 30.0 Å². The number of ether oxygens (including phenoxy) is 1. The van der Waals surface area contributed by atoms with Gasteiger partial charge in [0.25, 0.3) is 0 Å². The van der Waals surface area contributed by atoms with Gasteiger partial charge in [0, 0.05) is 11.9 Å². The first kappa shape index (κ1) is 15.9. The lowest BCUT2D eigenvalue weighted by atomic mass is 9.92. The Bertz CT molecular complexity index is 601. The third kappa shape index (κ3) is 3.39. The summed E-state index contributed by atoms with van der Waals surface area (Å²) in [5.74, 6) is 1.77. The van der Waals surface area contributed by atoms with E-state index in [1.807, 2.05) is 52.0 Å². The largest absolute Gasteiger partial charge is 0.493 e. The molecule has 4 heteroatoms. The zero-order valence-electron chi connectivity index (χ0n) is 13.4. The maximum Gasteiger partial charge on any atom is 0.176 e. The predicted octanol–water partition coefficient (Wildman–Crippen LogP) is 3.50. The molecule has 2 aromatic rings. The molecule has 0 aliphatic rings. The summed E-state index contributed by atoms with van der Waals surface area (Å²) in [4.78, 5) is 0. The lowest BCUT2D eigenvalue weighted by Crippen LogP contribution is -2.42. The number of fused-ring (bicyclic) bond motifs is 1. The van der Waals surface area contributed by atoms with Crippen molar-refractivity contribution < 1.29 is 14.3 Å². The molecule has 0 spiro atoms. The van der Waals surface area contributed by atoms with Crippen LogP contribution in [0.2, 0.25) is 0 Å². The quantitative estimate of drug-likeness (QED) is 0.855. The van der Waals surface area contributed by atoms with Crippen molar-refractivity contribution in [3.8, 4) is 5.75 Å². The van der Waals surface area contributed by atoms with Crippen molar-refractivity contribution in [2.75, 3.05) is 13.7 Å². The molecule has 2 rings (SSSR count). The number of furan rings is 1. The predicted molar refractivity (Wildman–Crippen MR) is 84.6 cm³/mol. The van der Waals surface area contributed by atoms with Crippen LogP contribution in [0.1, 0.15) is 39.5 Å². The van der Waals surface area contributed by atoms with E-state index in [2.05, 4.69) is 5.32 Å². The molecule has 2 N–H and O–H groups in total. The fourth-order valence-electron chi connectivity index (χ4n) is 2.09. The summed E-state index contributed by atoms with van der Waals surface area (Å²) in [6, 6.07) is 7.87. The molecule has 0 bridgehead atoms. The first-order valence-electron chi connectivity index (χ1n) is 7.37. The number of aliphatic hydroxyl groups is 1. The number of hydrogen-bond acceptors (Lipinski definition) is 4. The Morgan fingerprint density at radius 3 is 2.67 bits per heavy atom. The van der Waals surface area contributed by atoms with Crippen molar-refractivity contribution in [3.63, 3.8) is 0 Å². The molecule has 0 radical (unpaired) electrons. The highest BCUT2D eigenvalue weighted by molar-refractivity contribution is 5.83. The van der Waals surface area contributed by atoms with Gasteiger partial charge in [-0.1, -0.05) is 26.0 Å². The van der Waals surface area contributed by atoms with Gasteiger partial charge in [-0.05, 0) is 31.9 Å². The summed E-state index contributed by atoms with van der Waals surface area (Å²) >= 11 is 0. The highest BCUT2D eigenvalue weighted by Crippen LogP contribution is 2.31. The average Bonchev–Trinajstić information content (AvgIpc) is 2.88. The number of benzene rings is 1. The Balaban J connectivity index is 2.15. The SMILES string of the molecule is COc1cccc2cc(C(C)NCC(C)(O)C(C)C)oc12. The minimum Gasteiger partial charge on any atom is -0.493 e. The van der Waals surface area contributed by atoms with Gasteiger partial charge in [-0.15, -0.1) is 0 Å². The first-order chi connectivity index (χ1) is 9.85. The van der Waals surface area contributed by atoms with E-state index in [0.29, 0.717) is 6.54 Å². The first-order valence-corrected chi connectivity index (χ1v) is 7.37. The van der Waals surface area contributed by atoms with E-state index in [4.69, 9.17) is 9.15 Å². The monoisotopic (exact) mass is 291 g/mol. The van der Waals surface area contributed by atoms with Crippen molar-refractivity contribution in [2.24, 2.45) is 5.92 Å². The molecule has 116 valence electrons. The molecule has 1 aromatic carbocycles. The van der Waals surface area contributed by atoms with E-state index in [9.17, 15) is 5.11 Å². The van der Waals surface area contributed by atoms with Crippen molar-refractivity contribution in [1.29, 1.82) is 0 Å². The molecule has 2 atom stereocenters. The molecule has 1 heterocycles. The summed E-state index contributed by atoms with van der Waals surface area (Å²) < 4.78 is 11.2.